The van der Waals surface area contributed by atoms with Gasteiger partial charge in [-0.3, -0.25) is 0 Å². The lowest BCUT2D eigenvalue weighted by molar-refractivity contribution is 0.669. The van der Waals surface area contributed by atoms with Crippen LogP contribution in [0.4, 0.5) is 17.1 Å². The zero-order valence-electron chi connectivity index (χ0n) is 32.9. The molecule has 11 aromatic rings. The fourth-order valence-electron chi connectivity index (χ4n) is 8.55. The Labute approximate surface area is 349 Å². The monoisotopic (exact) mass is 765 g/mol. The van der Waals surface area contributed by atoms with Crippen molar-refractivity contribution >= 4 is 49.8 Å². The third-order valence-electron chi connectivity index (χ3n) is 11.7. The Morgan fingerprint density at radius 1 is 0.267 bits per heavy atom. The van der Waals surface area contributed by atoms with Gasteiger partial charge in [-0.15, -0.1) is 0 Å². The molecule has 60 heavy (non-hydrogen) atoms. The molecule has 0 unspecified atom stereocenters. The quantitative estimate of drug-likeness (QED) is 0.153. The summed E-state index contributed by atoms with van der Waals surface area (Å²) in [4.78, 5) is 2.41. The molecule has 11 rings (SSSR count). The van der Waals surface area contributed by atoms with Crippen LogP contribution < -0.4 is 4.90 Å². The minimum absolute atomic E-state index is 0.901. The van der Waals surface area contributed by atoms with Gasteiger partial charge in [0, 0.05) is 27.7 Å². The molecule has 0 aliphatic heterocycles. The average Bonchev–Trinajstić information content (AvgIpc) is 3.71. The number of anilines is 3. The van der Waals surface area contributed by atoms with Crippen LogP contribution in [0.2, 0.25) is 0 Å². The van der Waals surface area contributed by atoms with E-state index in [4.69, 9.17) is 4.42 Å². The number of furan rings is 1. The van der Waals surface area contributed by atoms with Gasteiger partial charge in [0.25, 0.3) is 0 Å². The summed E-state index contributed by atoms with van der Waals surface area (Å²) in [5.74, 6) is 0. The third kappa shape index (κ3) is 6.61. The lowest BCUT2D eigenvalue weighted by Crippen LogP contribution is -2.11. The third-order valence-corrected chi connectivity index (χ3v) is 11.7. The minimum Gasteiger partial charge on any atom is -0.456 e. The van der Waals surface area contributed by atoms with Crippen LogP contribution in [0, 0.1) is 0 Å². The minimum atomic E-state index is 0.901. The van der Waals surface area contributed by atoms with Crippen molar-refractivity contribution in [1.82, 2.24) is 0 Å². The molecule has 0 aliphatic rings. The van der Waals surface area contributed by atoms with Crippen LogP contribution in [0.1, 0.15) is 0 Å². The zero-order chi connectivity index (χ0) is 39.8. The first-order chi connectivity index (χ1) is 29.7. The van der Waals surface area contributed by atoms with E-state index in [9.17, 15) is 0 Å². The van der Waals surface area contributed by atoms with E-state index in [0.29, 0.717) is 0 Å². The maximum absolute atomic E-state index is 6.16. The number of nitrogens with zero attached hydrogens (tertiary/aromatic N) is 1. The van der Waals surface area contributed by atoms with Crippen molar-refractivity contribution in [2.24, 2.45) is 0 Å². The smallest absolute Gasteiger partial charge is 0.135 e. The Morgan fingerprint density at radius 3 is 1.40 bits per heavy atom. The van der Waals surface area contributed by atoms with Crippen LogP contribution in [0.5, 0.6) is 0 Å². The molecule has 0 spiro atoms. The number of fused-ring (bicyclic) bond motifs is 4. The highest BCUT2D eigenvalue weighted by Crippen LogP contribution is 2.44. The molecule has 0 amide bonds. The van der Waals surface area contributed by atoms with Crippen molar-refractivity contribution in [3.63, 3.8) is 0 Å². The van der Waals surface area contributed by atoms with Crippen LogP contribution in [-0.4, -0.2) is 0 Å². The van der Waals surface area contributed by atoms with E-state index in [2.05, 4.69) is 229 Å². The maximum Gasteiger partial charge on any atom is 0.135 e. The molecule has 0 N–H and O–H groups in total. The Bertz CT molecular complexity index is 3270. The second-order valence-electron chi connectivity index (χ2n) is 15.3. The number of para-hydroxylation sites is 1. The van der Waals surface area contributed by atoms with E-state index in [1.807, 2.05) is 12.1 Å². The summed E-state index contributed by atoms with van der Waals surface area (Å²) >= 11 is 0. The maximum atomic E-state index is 6.16. The van der Waals surface area contributed by atoms with E-state index in [1.54, 1.807) is 0 Å². The van der Waals surface area contributed by atoms with Crippen LogP contribution in [-0.2, 0) is 0 Å². The molecule has 0 fully saturated rings. The molecule has 0 saturated carbocycles. The van der Waals surface area contributed by atoms with Gasteiger partial charge in [0.2, 0.25) is 0 Å². The van der Waals surface area contributed by atoms with Crippen LogP contribution in [0.25, 0.3) is 88.3 Å². The molecule has 0 bridgehead atoms. The molecule has 1 heterocycles. The van der Waals surface area contributed by atoms with E-state index in [0.717, 1.165) is 66.8 Å². The Morgan fingerprint density at radius 2 is 0.717 bits per heavy atom. The summed E-state index contributed by atoms with van der Waals surface area (Å²) < 4.78 is 6.16. The topological polar surface area (TPSA) is 16.4 Å². The first-order valence-corrected chi connectivity index (χ1v) is 20.5. The molecule has 282 valence electrons. The molecule has 2 nitrogen and oxygen atoms in total. The van der Waals surface area contributed by atoms with Crippen molar-refractivity contribution < 1.29 is 4.42 Å². The molecule has 0 saturated heterocycles. The highest BCUT2D eigenvalue weighted by Gasteiger charge is 2.20. The Hall–Kier alpha value is -7.94. The molecule has 10 aromatic carbocycles. The largest absolute Gasteiger partial charge is 0.456 e. The van der Waals surface area contributed by atoms with Gasteiger partial charge in [-0.05, 0) is 115 Å². The van der Waals surface area contributed by atoms with Gasteiger partial charge in [0.15, 0.2) is 0 Å². The van der Waals surface area contributed by atoms with E-state index in [1.165, 1.54) is 38.6 Å². The number of hydrogen-bond acceptors (Lipinski definition) is 2. The summed E-state index contributed by atoms with van der Waals surface area (Å²) in [6.07, 6.45) is 0. The molecular weight excluding hydrogens is 727 g/mol. The molecule has 1 aromatic heterocycles. The lowest BCUT2D eigenvalue weighted by atomic mass is 9.95. The predicted molar refractivity (Wildman–Crippen MR) is 253 cm³/mol. The first kappa shape index (κ1) is 35.2. The molecule has 0 radical (unpaired) electrons. The van der Waals surface area contributed by atoms with Gasteiger partial charge in [0.05, 0.1) is 5.69 Å². The Kier molecular flexibility index (Phi) is 8.87. The van der Waals surface area contributed by atoms with Gasteiger partial charge >= 0.3 is 0 Å². The molecule has 2 heteroatoms. The molecule has 0 aliphatic carbocycles. The fraction of sp³-hybridized carbons (Fsp3) is 0. The zero-order valence-corrected chi connectivity index (χ0v) is 32.9. The Balaban J connectivity index is 1.04. The van der Waals surface area contributed by atoms with Gasteiger partial charge in [-0.2, -0.15) is 0 Å². The van der Waals surface area contributed by atoms with E-state index >= 15 is 0 Å². The SMILES string of the molecule is c1ccc(-c2ccc(-c3ccc(N(c4ccc(-c5ccc6oc7ccccc7c6c5)cc4)c4cc(-c5ccc6ccccc6c5)ccc4-c4ccccc4)cc3)cc2)cc1. The predicted octanol–water partition coefficient (Wildman–Crippen LogP) is 16.5. The number of rotatable bonds is 8. The van der Waals surface area contributed by atoms with Gasteiger partial charge in [-0.1, -0.05) is 182 Å². The lowest BCUT2D eigenvalue weighted by Gasteiger charge is -2.29. The normalized spacial score (nSPS) is 11.3. The summed E-state index contributed by atoms with van der Waals surface area (Å²) in [5.41, 5.74) is 16.8. The standard InChI is InChI=1S/C58H39NO/c1-3-11-40(12-4-1)42-19-21-43(22-20-42)44-25-31-51(32-26-44)59(52-33-27-45(28-34-52)49-30-36-58-55(38-49)54-17-9-10-18-57(54)60-58)56-39-50(29-35-53(56)46-14-5-2-6-15-46)48-24-23-41-13-7-8-16-47(41)37-48/h1-39H. The molecular formula is C58H39NO. The number of benzene rings is 10. The van der Waals surface area contributed by atoms with Crippen molar-refractivity contribution in [2.45, 2.75) is 0 Å². The average molecular weight is 766 g/mol. The molecule has 0 atom stereocenters. The second kappa shape index (κ2) is 15.1. The van der Waals surface area contributed by atoms with E-state index in [-0.39, 0.29) is 0 Å². The second-order valence-corrected chi connectivity index (χ2v) is 15.3. The first-order valence-electron chi connectivity index (χ1n) is 20.5. The van der Waals surface area contributed by atoms with Crippen LogP contribution in [0.15, 0.2) is 241 Å². The summed E-state index contributed by atoms with van der Waals surface area (Å²) in [6, 6.07) is 85.1. The van der Waals surface area contributed by atoms with Crippen LogP contribution in [0.3, 0.4) is 0 Å². The fourth-order valence-corrected chi connectivity index (χ4v) is 8.55. The van der Waals surface area contributed by atoms with Crippen molar-refractivity contribution in [3.8, 4) is 55.6 Å². The van der Waals surface area contributed by atoms with Gasteiger partial charge in [-0.25, -0.2) is 0 Å². The highest BCUT2D eigenvalue weighted by atomic mass is 16.3. The van der Waals surface area contributed by atoms with Crippen molar-refractivity contribution in [3.05, 3.63) is 237 Å². The van der Waals surface area contributed by atoms with Gasteiger partial charge in [0.1, 0.15) is 11.2 Å². The highest BCUT2D eigenvalue weighted by molar-refractivity contribution is 6.06. The van der Waals surface area contributed by atoms with E-state index < -0.39 is 0 Å². The summed E-state index contributed by atoms with van der Waals surface area (Å²) in [7, 11) is 0. The van der Waals surface area contributed by atoms with Crippen LogP contribution >= 0.6 is 0 Å². The summed E-state index contributed by atoms with van der Waals surface area (Å²) in [5, 5.41) is 4.72. The summed E-state index contributed by atoms with van der Waals surface area (Å²) in [6.45, 7) is 0. The van der Waals surface area contributed by atoms with Gasteiger partial charge < -0.3 is 9.32 Å². The van der Waals surface area contributed by atoms with Crippen molar-refractivity contribution in [2.75, 3.05) is 4.90 Å². The number of hydrogen-bond donors (Lipinski definition) is 0. The van der Waals surface area contributed by atoms with Crippen molar-refractivity contribution in [1.29, 1.82) is 0 Å².